The molecule has 0 bridgehead atoms. The predicted molar refractivity (Wildman–Crippen MR) is 103 cm³/mol. The first-order valence-corrected chi connectivity index (χ1v) is 10.2. The van der Waals surface area contributed by atoms with Crippen LogP contribution in [0.4, 0.5) is 0 Å². The fraction of sp³-hybridized carbons (Fsp3) is 0.250. The van der Waals surface area contributed by atoms with Crippen LogP contribution in [-0.2, 0) is 27.7 Å². The molecule has 0 saturated carbocycles. The van der Waals surface area contributed by atoms with E-state index in [9.17, 15) is 13.2 Å². The molecule has 0 aromatic heterocycles. The molecular formula is C20H21NO5S. The normalized spacial score (nSPS) is 16.8. The summed E-state index contributed by atoms with van der Waals surface area (Å²) >= 11 is 0. The largest absolute Gasteiger partial charge is 0.482 e. The third-order valence-electron chi connectivity index (χ3n) is 4.36. The van der Waals surface area contributed by atoms with Crippen LogP contribution in [0.5, 0.6) is 5.75 Å². The van der Waals surface area contributed by atoms with Gasteiger partial charge in [0.05, 0.1) is 0 Å². The molecule has 6 nitrogen and oxygen atoms in total. The number of carboxylic acids is 1. The second-order valence-corrected chi connectivity index (χ2v) is 7.99. The molecule has 3 rings (SSSR count). The van der Waals surface area contributed by atoms with Crippen LogP contribution in [0.15, 0.2) is 53.9 Å². The van der Waals surface area contributed by atoms with Gasteiger partial charge in [0.1, 0.15) is 5.75 Å². The van der Waals surface area contributed by atoms with Crippen LogP contribution in [0.1, 0.15) is 23.1 Å². The molecule has 1 unspecified atom stereocenters. The van der Waals surface area contributed by atoms with Gasteiger partial charge in [0.25, 0.3) is 0 Å². The lowest BCUT2D eigenvalue weighted by Gasteiger charge is -2.26. The van der Waals surface area contributed by atoms with Gasteiger partial charge in [0, 0.05) is 11.4 Å². The van der Waals surface area contributed by atoms with Crippen molar-refractivity contribution in [2.45, 2.75) is 25.3 Å². The molecule has 142 valence electrons. The molecule has 2 N–H and O–H groups in total. The summed E-state index contributed by atoms with van der Waals surface area (Å²) < 4.78 is 32.7. The number of rotatable bonds is 7. The lowest BCUT2D eigenvalue weighted by atomic mass is 9.88. The third-order valence-corrected chi connectivity index (χ3v) is 5.52. The van der Waals surface area contributed by atoms with Gasteiger partial charge in [-0.15, -0.1) is 0 Å². The number of hydrogen-bond donors (Lipinski definition) is 2. The van der Waals surface area contributed by atoms with Gasteiger partial charge in [0.15, 0.2) is 6.61 Å². The van der Waals surface area contributed by atoms with E-state index in [1.54, 1.807) is 18.2 Å². The van der Waals surface area contributed by atoms with Gasteiger partial charge in [0.2, 0.25) is 10.0 Å². The molecule has 0 fully saturated rings. The molecule has 0 spiro atoms. The van der Waals surface area contributed by atoms with Crippen molar-refractivity contribution in [2.75, 3.05) is 6.61 Å². The Bertz CT molecular complexity index is 938. The van der Waals surface area contributed by atoms with E-state index in [0.29, 0.717) is 25.0 Å². The maximum atomic E-state index is 12.3. The van der Waals surface area contributed by atoms with E-state index < -0.39 is 22.6 Å². The summed E-state index contributed by atoms with van der Waals surface area (Å²) in [5, 5.41) is 9.96. The Hall–Kier alpha value is -2.64. The minimum Gasteiger partial charge on any atom is -0.482 e. The molecule has 0 radical (unpaired) electrons. The number of sulfonamides is 1. The lowest BCUT2D eigenvalue weighted by molar-refractivity contribution is -0.139. The molecule has 0 saturated heterocycles. The Kier molecular flexibility index (Phi) is 5.93. The molecule has 1 atom stereocenters. The quantitative estimate of drug-likeness (QED) is 0.762. The molecular weight excluding hydrogens is 366 g/mol. The molecule has 2 aromatic carbocycles. The van der Waals surface area contributed by atoms with Crippen molar-refractivity contribution in [2.24, 2.45) is 0 Å². The van der Waals surface area contributed by atoms with Crippen molar-refractivity contribution in [3.05, 3.63) is 70.6 Å². The standard InChI is InChI=1S/C20H21NO5S/c22-20(23)14-26-19-8-4-7-16-13-17(9-10-18(16)19)21-27(24,25)12-11-15-5-2-1-3-6-15/h1-8,11-12,17,21H,9-10,13-14H2,(H,22,23). The number of hydrogen-bond acceptors (Lipinski definition) is 4. The smallest absolute Gasteiger partial charge is 0.341 e. The first kappa shape index (κ1) is 19.1. The molecule has 27 heavy (non-hydrogen) atoms. The van der Waals surface area contributed by atoms with Crippen molar-refractivity contribution in [1.29, 1.82) is 0 Å². The molecule has 1 aliphatic carbocycles. The average Bonchev–Trinajstić information content (AvgIpc) is 2.65. The van der Waals surface area contributed by atoms with Gasteiger partial charge in [-0.05, 0) is 48.1 Å². The number of fused-ring (bicyclic) bond motifs is 1. The van der Waals surface area contributed by atoms with Crippen molar-refractivity contribution in [3.63, 3.8) is 0 Å². The summed E-state index contributed by atoms with van der Waals surface area (Å²) in [6, 6.07) is 14.5. The summed E-state index contributed by atoms with van der Waals surface area (Å²) in [6.45, 7) is -0.392. The highest BCUT2D eigenvalue weighted by atomic mass is 32.2. The fourth-order valence-corrected chi connectivity index (χ4v) is 4.23. The first-order chi connectivity index (χ1) is 12.9. The number of carboxylic acid groups (broad SMARTS) is 1. The SMILES string of the molecule is O=C(O)COc1cccc2c1CCC(NS(=O)(=O)C=Cc1ccccc1)C2. The fourth-order valence-electron chi connectivity index (χ4n) is 3.15. The Morgan fingerprint density at radius 1 is 1.19 bits per heavy atom. The van der Waals surface area contributed by atoms with E-state index in [2.05, 4.69) is 4.72 Å². The van der Waals surface area contributed by atoms with E-state index in [-0.39, 0.29) is 6.04 Å². The maximum Gasteiger partial charge on any atom is 0.341 e. The second-order valence-electron chi connectivity index (χ2n) is 6.39. The van der Waals surface area contributed by atoms with E-state index in [1.807, 2.05) is 36.4 Å². The van der Waals surface area contributed by atoms with E-state index in [4.69, 9.17) is 9.84 Å². The monoisotopic (exact) mass is 387 g/mol. The number of benzene rings is 2. The predicted octanol–water partition coefficient (Wildman–Crippen LogP) is 2.60. The average molecular weight is 387 g/mol. The van der Waals surface area contributed by atoms with Crippen LogP contribution in [0.25, 0.3) is 6.08 Å². The Balaban J connectivity index is 1.66. The number of nitrogens with one attached hydrogen (secondary N) is 1. The van der Waals surface area contributed by atoms with Crippen LogP contribution in [0, 0.1) is 0 Å². The molecule has 0 heterocycles. The van der Waals surface area contributed by atoms with Crippen molar-refractivity contribution in [3.8, 4) is 5.75 Å². The van der Waals surface area contributed by atoms with E-state index in [0.717, 1.165) is 16.7 Å². The lowest BCUT2D eigenvalue weighted by Crippen LogP contribution is -2.37. The molecule has 2 aromatic rings. The highest BCUT2D eigenvalue weighted by molar-refractivity contribution is 7.92. The van der Waals surface area contributed by atoms with E-state index >= 15 is 0 Å². The molecule has 0 aliphatic heterocycles. The molecule has 7 heteroatoms. The third kappa shape index (κ3) is 5.42. The topological polar surface area (TPSA) is 92.7 Å². The highest BCUT2D eigenvalue weighted by Gasteiger charge is 2.24. The Morgan fingerprint density at radius 2 is 1.96 bits per heavy atom. The van der Waals surface area contributed by atoms with Crippen molar-refractivity contribution < 1.29 is 23.1 Å². The Labute approximate surface area is 158 Å². The summed E-state index contributed by atoms with van der Waals surface area (Å²) in [6.07, 6.45) is 3.36. The zero-order chi connectivity index (χ0) is 19.3. The van der Waals surface area contributed by atoms with Gasteiger partial charge in [-0.25, -0.2) is 17.9 Å². The molecule has 0 amide bonds. The van der Waals surface area contributed by atoms with Gasteiger partial charge >= 0.3 is 5.97 Å². The highest BCUT2D eigenvalue weighted by Crippen LogP contribution is 2.30. The minimum absolute atomic E-state index is 0.211. The van der Waals surface area contributed by atoms with Crippen molar-refractivity contribution >= 4 is 22.1 Å². The zero-order valence-electron chi connectivity index (χ0n) is 14.7. The number of carbonyl (C=O) groups is 1. The van der Waals surface area contributed by atoms with Crippen molar-refractivity contribution in [1.82, 2.24) is 4.72 Å². The van der Waals surface area contributed by atoms with Gasteiger partial charge in [-0.3, -0.25) is 0 Å². The van der Waals surface area contributed by atoms with Gasteiger partial charge in [-0.2, -0.15) is 0 Å². The van der Waals surface area contributed by atoms with Crippen LogP contribution in [0.2, 0.25) is 0 Å². The van der Waals surface area contributed by atoms with E-state index in [1.165, 1.54) is 5.41 Å². The van der Waals surface area contributed by atoms with Crippen LogP contribution >= 0.6 is 0 Å². The van der Waals surface area contributed by atoms with Crippen LogP contribution in [-0.4, -0.2) is 32.1 Å². The Morgan fingerprint density at radius 3 is 2.70 bits per heavy atom. The summed E-state index contributed by atoms with van der Waals surface area (Å²) in [7, 11) is -3.55. The number of aliphatic carboxylic acids is 1. The summed E-state index contributed by atoms with van der Waals surface area (Å²) in [5.74, 6) is -0.473. The second kappa shape index (κ2) is 8.37. The summed E-state index contributed by atoms with van der Waals surface area (Å²) in [5.41, 5.74) is 2.75. The zero-order valence-corrected chi connectivity index (χ0v) is 15.5. The number of ether oxygens (including phenoxy) is 1. The van der Waals surface area contributed by atoms with Crippen LogP contribution in [0.3, 0.4) is 0 Å². The van der Waals surface area contributed by atoms with Gasteiger partial charge in [-0.1, -0.05) is 42.5 Å². The first-order valence-electron chi connectivity index (χ1n) is 8.64. The van der Waals surface area contributed by atoms with Crippen LogP contribution < -0.4 is 9.46 Å². The van der Waals surface area contributed by atoms with Gasteiger partial charge < -0.3 is 9.84 Å². The minimum atomic E-state index is -3.55. The summed E-state index contributed by atoms with van der Waals surface area (Å²) in [4.78, 5) is 10.7. The molecule has 1 aliphatic rings. The maximum absolute atomic E-state index is 12.3.